The van der Waals surface area contributed by atoms with Crippen molar-refractivity contribution in [3.8, 4) is 0 Å². The van der Waals surface area contributed by atoms with Crippen LogP contribution >= 0.6 is 0 Å². The summed E-state index contributed by atoms with van der Waals surface area (Å²) in [5.74, 6) is -0.324. The Balaban J connectivity index is 2.62. The summed E-state index contributed by atoms with van der Waals surface area (Å²) in [5.41, 5.74) is 0.692. The van der Waals surface area contributed by atoms with Gasteiger partial charge < -0.3 is 10.4 Å². The van der Waals surface area contributed by atoms with Gasteiger partial charge in [-0.3, -0.25) is 9.48 Å². The summed E-state index contributed by atoms with van der Waals surface area (Å²) >= 11 is 0. The van der Waals surface area contributed by atoms with Crippen molar-refractivity contribution in [2.45, 2.75) is 52.2 Å². The van der Waals surface area contributed by atoms with Gasteiger partial charge in [0.25, 0.3) is 5.91 Å². The molecule has 1 atom stereocenters. The second-order valence-electron chi connectivity index (χ2n) is 4.83. The fraction of sp³-hybridized carbons (Fsp3) is 0.692. The molecule has 0 aliphatic heterocycles. The van der Waals surface area contributed by atoms with Gasteiger partial charge in [0.2, 0.25) is 0 Å². The molecule has 0 aliphatic rings. The Hall–Kier alpha value is -1.36. The SMILES string of the molecule is CCCC(C)(O)C(=O)NCc1cn(C)nc1CC. The van der Waals surface area contributed by atoms with E-state index < -0.39 is 5.60 Å². The van der Waals surface area contributed by atoms with Crippen LogP contribution in [0.5, 0.6) is 0 Å². The maximum Gasteiger partial charge on any atom is 0.251 e. The Morgan fingerprint density at radius 3 is 2.78 bits per heavy atom. The number of aryl methyl sites for hydroxylation is 2. The molecule has 1 aromatic heterocycles. The Bertz CT molecular complexity index is 410. The summed E-state index contributed by atoms with van der Waals surface area (Å²) in [6.07, 6.45) is 3.96. The van der Waals surface area contributed by atoms with Crippen LogP contribution in [-0.2, 0) is 24.8 Å². The molecule has 0 spiro atoms. The molecule has 0 aliphatic carbocycles. The van der Waals surface area contributed by atoms with Gasteiger partial charge in [0.15, 0.2) is 0 Å². The monoisotopic (exact) mass is 253 g/mol. The molecule has 1 heterocycles. The van der Waals surface area contributed by atoms with Crippen molar-refractivity contribution in [2.24, 2.45) is 7.05 Å². The summed E-state index contributed by atoms with van der Waals surface area (Å²) in [7, 11) is 1.86. The second-order valence-corrected chi connectivity index (χ2v) is 4.83. The van der Waals surface area contributed by atoms with Crippen molar-refractivity contribution in [1.29, 1.82) is 0 Å². The number of amides is 1. The summed E-state index contributed by atoms with van der Waals surface area (Å²) in [6, 6.07) is 0. The zero-order valence-corrected chi connectivity index (χ0v) is 11.7. The van der Waals surface area contributed by atoms with Gasteiger partial charge in [-0.15, -0.1) is 0 Å². The van der Waals surface area contributed by atoms with Crippen molar-refractivity contribution in [3.63, 3.8) is 0 Å². The molecular formula is C13H23N3O2. The van der Waals surface area contributed by atoms with Crippen molar-refractivity contribution in [3.05, 3.63) is 17.5 Å². The first-order valence-corrected chi connectivity index (χ1v) is 6.42. The van der Waals surface area contributed by atoms with E-state index in [1.807, 2.05) is 27.1 Å². The molecule has 5 heteroatoms. The average Bonchev–Trinajstić information content (AvgIpc) is 2.66. The lowest BCUT2D eigenvalue weighted by Crippen LogP contribution is -2.44. The highest BCUT2D eigenvalue weighted by Crippen LogP contribution is 2.13. The van der Waals surface area contributed by atoms with Crippen molar-refractivity contribution < 1.29 is 9.90 Å². The van der Waals surface area contributed by atoms with Gasteiger partial charge in [0, 0.05) is 25.4 Å². The minimum atomic E-state index is -1.29. The standard InChI is InChI=1S/C13H23N3O2/c1-5-7-13(3,18)12(17)14-8-10-9-16(4)15-11(10)6-2/h9,18H,5-8H2,1-4H3,(H,14,17). The largest absolute Gasteiger partial charge is 0.380 e. The maximum atomic E-state index is 11.8. The lowest BCUT2D eigenvalue weighted by molar-refractivity contribution is -0.138. The van der Waals surface area contributed by atoms with Crippen LogP contribution in [0.2, 0.25) is 0 Å². The molecule has 1 unspecified atom stereocenters. The smallest absolute Gasteiger partial charge is 0.251 e. The summed E-state index contributed by atoms with van der Waals surface area (Å²) in [4.78, 5) is 11.8. The zero-order chi connectivity index (χ0) is 13.8. The number of carbonyl (C=O) groups is 1. The van der Waals surface area contributed by atoms with E-state index in [0.717, 1.165) is 24.1 Å². The highest BCUT2D eigenvalue weighted by atomic mass is 16.3. The number of nitrogens with one attached hydrogen (secondary N) is 1. The fourth-order valence-electron chi connectivity index (χ4n) is 2.00. The first kappa shape index (κ1) is 14.7. The van der Waals surface area contributed by atoms with Crippen molar-refractivity contribution >= 4 is 5.91 Å². The van der Waals surface area contributed by atoms with Gasteiger partial charge in [0.05, 0.1) is 5.69 Å². The van der Waals surface area contributed by atoms with Crippen LogP contribution in [0.25, 0.3) is 0 Å². The van der Waals surface area contributed by atoms with Crippen LogP contribution in [0, 0.1) is 0 Å². The third-order valence-electron chi connectivity index (χ3n) is 2.99. The highest BCUT2D eigenvalue weighted by Gasteiger charge is 2.28. The number of nitrogens with zero attached hydrogens (tertiary/aromatic N) is 2. The minimum Gasteiger partial charge on any atom is -0.380 e. The van der Waals surface area contributed by atoms with Gasteiger partial charge in [-0.05, 0) is 19.8 Å². The zero-order valence-electron chi connectivity index (χ0n) is 11.7. The normalized spacial score (nSPS) is 14.3. The third kappa shape index (κ3) is 3.57. The molecule has 102 valence electrons. The summed E-state index contributed by atoms with van der Waals surface area (Å²) in [5, 5.41) is 17.0. The van der Waals surface area contributed by atoms with E-state index in [1.54, 1.807) is 11.6 Å². The quantitative estimate of drug-likeness (QED) is 0.799. The minimum absolute atomic E-state index is 0.324. The van der Waals surface area contributed by atoms with Crippen LogP contribution in [0.4, 0.5) is 0 Å². The third-order valence-corrected chi connectivity index (χ3v) is 2.99. The average molecular weight is 253 g/mol. The molecule has 1 amide bonds. The summed E-state index contributed by atoms with van der Waals surface area (Å²) in [6.45, 7) is 5.93. The predicted octanol–water partition coefficient (Wildman–Crippen LogP) is 1.15. The molecular weight excluding hydrogens is 230 g/mol. The van der Waals surface area contributed by atoms with Gasteiger partial charge in [-0.25, -0.2) is 0 Å². The fourth-order valence-corrected chi connectivity index (χ4v) is 2.00. The first-order chi connectivity index (χ1) is 8.40. The molecule has 0 aromatic carbocycles. The van der Waals surface area contributed by atoms with Gasteiger partial charge in [0.1, 0.15) is 5.60 Å². The molecule has 1 rings (SSSR count). The lowest BCUT2D eigenvalue weighted by Gasteiger charge is -2.21. The number of aromatic nitrogens is 2. The molecule has 1 aromatic rings. The van der Waals surface area contributed by atoms with Gasteiger partial charge >= 0.3 is 0 Å². The topological polar surface area (TPSA) is 67.2 Å². The highest BCUT2D eigenvalue weighted by molar-refractivity contribution is 5.84. The Morgan fingerprint density at radius 1 is 1.56 bits per heavy atom. The molecule has 18 heavy (non-hydrogen) atoms. The Labute approximate surface area is 108 Å². The first-order valence-electron chi connectivity index (χ1n) is 6.42. The number of aliphatic hydroxyl groups is 1. The maximum absolute atomic E-state index is 11.8. The molecule has 0 saturated carbocycles. The Kier molecular flexibility index (Phi) is 4.90. The van der Waals surface area contributed by atoms with Crippen molar-refractivity contribution in [1.82, 2.24) is 15.1 Å². The van der Waals surface area contributed by atoms with E-state index in [0.29, 0.717) is 13.0 Å². The van der Waals surface area contributed by atoms with Crippen LogP contribution in [0.15, 0.2) is 6.20 Å². The van der Waals surface area contributed by atoms with E-state index >= 15 is 0 Å². The van der Waals surface area contributed by atoms with E-state index in [1.165, 1.54) is 0 Å². The molecule has 0 saturated heterocycles. The number of hydrogen-bond acceptors (Lipinski definition) is 3. The second kappa shape index (κ2) is 6.00. The molecule has 0 fully saturated rings. The summed E-state index contributed by atoms with van der Waals surface area (Å²) < 4.78 is 1.74. The van der Waals surface area contributed by atoms with E-state index in [9.17, 15) is 9.90 Å². The van der Waals surface area contributed by atoms with E-state index in [4.69, 9.17) is 0 Å². The van der Waals surface area contributed by atoms with Gasteiger partial charge in [-0.2, -0.15) is 5.10 Å². The van der Waals surface area contributed by atoms with E-state index in [-0.39, 0.29) is 5.91 Å². The molecule has 2 N–H and O–H groups in total. The van der Waals surface area contributed by atoms with Crippen LogP contribution in [-0.4, -0.2) is 26.4 Å². The van der Waals surface area contributed by atoms with Gasteiger partial charge in [-0.1, -0.05) is 20.3 Å². The number of carbonyl (C=O) groups excluding carboxylic acids is 1. The van der Waals surface area contributed by atoms with Crippen molar-refractivity contribution in [2.75, 3.05) is 0 Å². The molecule has 5 nitrogen and oxygen atoms in total. The predicted molar refractivity (Wildman–Crippen MR) is 70.0 cm³/mol. The number of rotatable bonds is 6. The van der Waals surface area contributed by atoms with Crippen LogP contribution in [0.1, 0.15) is 44.9 Å². The molecule has 0 bridgehead atoms. The van der Waals surface area contributed by atoms with Crippen LogP contribution in [0.3, 0.4) is 0 Å². The lowest BCUT2D eigenvalue weighted by atomic mass is 9.99. The van der Waals surface area contributed by atoms with E-state index in [2.05, 4.69) is 10.4 Å². The number of hydrogen-bond donors (Lipinski definition) is 2. The Morgan fingerprint density at radius 2 is 2.22 bits per heavy atom. The van der Waals surface area contributed by atoms with Crippen LogP contribution < -0.4 is 5.32 Å². The molecule has 0 radical (unpaired) electrons.